The largest absolute Gasteiger partial charge is 0.364 e. The molecule has 3 heterocycles. The predicted octanol–water partition coefficient (Wildman–Crippen LogP) is 4.21. The van der Waals surface area contributed by atoms with Crippen LogP contribution in [0.15, 0.2) is 23.1 Å². The fraction of sp³-hybridized carbons (Fsp3) is 0.308. The summed E-state index contributed by atoms with van der Waals surface area (Å²) < 4.78 is 2.02. The van der Waals surface area contributed by atoms with E-state index in [1.165, 1.54) is 0 Å². The Morgan fingerprint density at radius 2 is 2.00 bits per heavy atom. The molecule has 0 unspecified atom stereocenters. The number of nitrogens with one attached hydrogen (secondary N) is 1. The molecule has 3 rings (SSSR count). The maximum absolute atomic E-state index is 4.43. The van der Waals surface area contributed by atoms with Crippen molar-refractivity contribution in [3.05, 3.63) is 23.1 Å². The number of nitrogens with zero attached hydrogens (tertiary/aromatic N) is 3. The highest BCUT2D eigenvalue weighted by Gasteiger charge is 2.16. The molecule has 4 nitrogen and oxygen atoms in total. The van der Waals surface area contributed by atoms with E-state index in [9.17, 15) is 0 Å². The molecule has 3 aromatic heterocycles. The lowest BCUT2D eigenvalue weighted by Gasteiger charge is -2.21. The highest BCUT2D eigenvalue weighted by Crippen LogP contribution is 2.36. The molecule has 0 radical (unpaired) electrons. The standard InChI is InChI=1S/C13H13BrN4S/c1-13(2,3)18-11-10-9(16-6-17-11)8-4-7(14)5-15-12(8)19-10/h4-6H,1-3H3,(H,16,17,18). The van der Waals surface area contributed by atoms with Crippen LogP contribution < -0.4 is 5.32 Å². The molecule has 1 N–H and O–H groups in total. The molecular weight excluding hydrogens is 324 g/mol. The van der Waals surface area contributed by atoms with Gasteiger partial charge in [-0.1, -0.05) is 0 Å². The summed E-state index contributed by atoms with van der Waals surface area (Å²) in [6.07, 6.45) is 3.41. The molecule has 0 fully saturated rings. The van der Waals surface area contributed by atoms with Crippen molar-refractivity contribution in [3.63, 3.8) is 0 Å². The molecule has 0 amide bonds. The van der Waals surface area contributed by atoms with Crippen LogP contribution in [0.3, 0.4) is 0 Å². The third-order valence-electron chi connectivity index (χ3n) is 2.57. The number of halogens is 1. The van der Waals surface area contributed by atoms with Crippen molar-refractivity contribution in [1.29, 1.82) is 0 Å². The molecule has 19 heavy (non-hydrogen) atoms. The Hall–Kier alpha value is -1.27. The molecule has 0 aliphatic rings. The zero-order chi connectivity index (χ0) is 13.6. The second-order valence-electron chi connectivity index (χ2n) is 5.38. The van der Waals surface area contributed by atoms with E-state index in [0.29, 0.717) is 0 Å². The van der Waals surface area contributed by atoms with Gasteiger partial charge in [-0.3, -0.25) is 0 Å². The minimum absolute atomic E-state index is 0.0362. The molecule has 0 bridgehead atoms. The zero-order valence-corrected chi connectivity index (χ0v) is 13.3. The van der Waals surface area contributed by atoms with Gasteiger partial charge in [-0.2, -0.15) is 0 Å². The van der Waals surface area contributed by atoms with Gasteiger partial charge in [-0.15, -0.1) is 11.3 Å². The maximum Gasteiger partial charge on any atom is 0.147 e. The van der Waals surface area contributed by atoms with Crippen LogP contribution in [-0.2, 0) is 0 Å². The number of anilines is 1. The van der Waals surface area contributed by atoms with Crippen LogP contribution >= 0.6 is 27.3 Å². The molecule has 0 saturated heterocycles. The molecule has 0 aliphatic carbocycles. The smallest absolute Gasteiger partial charge is 0.147 e. The third kappa shape index (κ3) is 2.42. The van der Waals surface area contributed by atoms with Gasteiger partial charge in [0.25, 0.3) is 0 Å². The van der Waals surface area contributed by atoms with Gasteiger partial charge in [0.1, 0.15) is 17.0 Å². The second-order valence-corrected chi connectivity index (χ2v) is 7.30. The third-order valence-corrected chi connectivity index (χ3v) is 4.11. The minimum atomic E-state index is -0.0362. The van der Waals surface area contributed by atoms with Crippen LogP contribution in [0.4, 0.5) is 5.82 Å². The lowest BCUT2D eigenvalue weighted by molar-refractivity contribution is 0.631. The van der Waals surface area contributed by atoms with Gasteiger partial charge < -0.3 is 5.32 Å². The SMILES string of the molecule is CC(C)(C)Nc1ncnc2c1sc1ncc(Br)cc12. The highest BCUT2D eigenvalue weighted by molar-refractivity contribution is 9.10. The average molecular weight is 337 g/mol. The first-order chi connectivity index (χ1) is 8.94. The summed E-state index contributed by atoms with van der Waals surface area (Å²) in [7, 11) is 0. The number of pyridine rings is 1. The first-order valence-electron chi connectivity index (χ1n) is 5.91. The van der Waals surface area contributed by atoms with Crippen molar-refractivity contribution < 1.29 is 0 Å². The first kappa shape index (κ1) is 12.7. The van der Waals surface area contributed by atoms with Crippen LogP contribution in [0.5, 0.6) is 0 Å². The maximum atomic E-state index is 4.43. The fourth-order valence-electron chi connectivity index (χ4n) is 1.88. The summed E-state index contributed by atoms with van der Waals surface area (Å²) in [5, 5.41) is 4.48. The molecule has 0 aromatic carbocycles. The number of rotatable bonds is 1. The van der Waals surface area contributed by atoms with Gasteiger partial charge in [0, 0.05) is 21.6 Å². The zero-order valence-electron chi connectivity index (χ0n) is 10.9. The number of aromatic nitrogens is 3. The molecular formula is C13H13BrN4S. The van der Waals surface area contributed by atoms with E-state index in [0.717, 1.165) is 30.7 Å². The number of fused-ring (bicyclic) bond motifs is 3. The van der Waals surface area contributed by atoms with Crippen molar-refractivity contribution in [2.24, 2.45) is 0 Å². The molecule has 0 spiro atoms. The molecule has 6 heteroatoms. The van der Waals surface area contributed by atoms with Crippen molar-refractivity contribution in [2.45, 2.75) is 26.3 Å². The lowest BCUT2D eigenvalue weighted by Crippen LogP contribution is -2.26. The molecule has 0 aliphatic heterocycles. The van der Waals surface area contributed by atoms with Gasteiger partial charge in [0.2, 0.25) is 0 Å². The van der Waals surface area contributed by atoms with Crippen LogP contribution in [-0.4, -0.2) is 20.5 Å². The molecule has 3 aromatic rings. The van der Waals surface area contributed by atoms with Gasteiger partial charge in [0.05, 0.1) is 10.2 Å². The summed E-state index contributed by atoms with van der Waals surface area (Å²) in [6.45, 7) is 6.34. The Labute approximate surface area is 123 Å². The van der Waals surface area contributed by atoms with E-state index in [2.05, 4.69) is 63.0 Å². The van der Waals surface area contributed by atoms with Gasteiger partial charge >= 0.3 is 0 Å². The van der Waals surface area contributed by atoms with Crippen molar-refractivity contribution >= 4 is 53.5 Å². The highest BCUT2D eigenvalue weighted by atomic mass is 79.9. The van der Waals surface area contributed by atoms with Crippen molar-refractivity contribution in [2.75, 3.05) is 5.32 Å². The summed E-state index contributed by atoms with van der Waals surface area (Å²) in [6, 6.07) is 2.05. The Bertz CT molecular complexity index is 760. The quantitative estimate of drug-likeness (QED) is 0.723. The summed E-state index contributed by atoms with van der Waals surface area (Å²) in [5.41, 5.74) is 0.918. The topological polar surface area (TPSA) is 50.7 Å². The lowest BCUT2D eigenvalue weighted by atomic mass is 10.1. The number of thiophene rings is 1. The monoisotopic (exact) mass is 336 g/mol. The summed E-state index contributed by atoms with van der Waals surface area (Å²) in [5.74, 6) is 0.872. The Balaban J connectivity index is 2.28. The summed E-state index contributed by atoms with van der Waals surface area (Å²) in [4.78, 5) is 14.2. The van der Waals surface area contributed by atoms with Crippen LogP contribution in [0.25, 0.3) is 20.4 Å². The number of hydrogen-bond donors (Lipinski definition) is 1. The first-order valence-corrected chi connectivity index (χ1v) is 7.52. The van der Waals surface area contributed by atoms with Gasteiger partial charge in [0.15, 0.2) is 0 Å². The van der Waals surface area contributed by atoms with E-state index in [1.807, 2.05) is 6.20 Å². The molecule has 98 valence electrons. The van der Waals surface area contributed by atoms with Gasteiger partial charge in [-0.05, 0) is 42.8 Å². The van der Waals surface area contributed by atoms with E-state index >= 15 is 0 Å². The normalized spacial score (nSPS) is 12.2. The van der Waals surface area contributed by atoms with E-state index in [4.69, 9.17) is 0 Å². The average Bonchev–Trinajstić information content (AvgIpc) is 2.67. The Morgan fingerprint density at radius 1 is 1.21 bits per heavy atom. The fourth-order valence-corrected chi connectivity index (χ4v) is 3.24. The molecule has 0 atom stereocenters. The van der Waals surface area contributed by atoms with E-state index in [1.54, 1.807) is 17.7 Å². The predicted molar refractivity (Wildman–Crippen MR) is 83.8 cm³/mol. The van der Waals surface area contributed by atoms with Crippen LogP contribution in [0, 0.1) is 0 Å². The number of hydrogen-bond acceptors (Lipinski definition) is 5. The van der Waals surface area contributed by atoms with Gasteiger partial charge in [-0.25, -0.2) is 15.0 Å². The van der Waals surface area contributed by atoms with E-state index < -0.39 is 0 Å². The minimum Gasteiger partial charge on any atom is -0.364 e. The molecule has 0 saturated carbocycles. The second kappa shape index (κ2) is 4.38. The summed E-state index contributed by atoms with van der Waals surface area (Å²) >= 11 is 5.07. The Morgan fingerprint density at radius 3 is 2.74 bits per heavy atom. The Kier molecular flexibility index (Phi) is 2.94. The van der Waals surface area contributed by atoms with Crippen molar-refractivity contribution in [3.8, 4) is 0 Å². The van der Waals surface area contributed by atoms with Crippen molar-refractivity contribution in [1.82, 2.24) is 15.0 Å². The van der Waals surface area contributed by atoms with E-state index in [-0.39, 0.29) is 5.54 Å². The van der Waals surface area contributed by atoms with Crippen LogP contribution in [0.1, 0.15) is 20.8 Å². The van der Waals surface area contributed by atoms with Crippen LogP contribution in [0.2, 0.25) is 0 Å².